The smallest absolute Gasteiger partial charge is 0.253 e. The summed E-state index contributed by atoms with van der Waals surface area (Å²) in [6, 6.07) is 14.6. The molecule has 0 spiro atoms. The van der Waals surface area contributed by atoms with Gasteiger partial charge in [0.15, 0.2) is 0 Å². The largest absolute Gasteiger partial charge is 0.348 e. The Bertz CT molecular complexity index is 686. The first-order valence-electron chi connectivity index (χ1n) is 6.48. The second kappa shape index (κ2) is 6.55. The molecule has 0 unspecified atom stereocenters. The van der Waals surface area contributed by atoms with E-state index < -0.39 is 0 Å². The molecule has 21 heavy (non-hydrogen) atoms. The first-order chi connectivity index (χ1) is 10.1. The lowest BCUT2D eigenvalue weighted by atomic mass is 10.1. The van der Waals surface area contributed by atoms with E-state index >= 15 is 0 Å². The van der Waals surface area contributed by atoms with Crippen LogP contribution in [0.3, 0.4) is 0 Å². The molecule has 0 radical (unpaired) electrons. The Kier molecular flexibility index (Phi) is 4.54. The second-order valence-corrected chi connectivity index (χ2v) is 4.68. The molecule has 0 aromatic heterocycles. The van der Waals surface area contributed by atoms with Gasteiger partial charge in [0.05, 0.1) is 22.9 Å². The van der Waals surface area contributed by atoms with Crippen molar-refractivity contribution in [3.63, 3.8) is 0 Å². The zero-order valence-corrected chi connectivity index (χ0v) is 11.7. The van der Waals surface area contributed by atoms with Crippen LogP contribution < -0.4 is 16.6 Å². The van der Waals surface area contributed by atoms with Crippen LogP contribution in [0.15, 0.2) is 42.5 Å². The zero-order chi connectivity index (χ0) is 15.2. The van der Waals surface area contributed by atoms with Crippen LogP contribution in [0.5, 0.6) is 0 Å². The highest BCUT2D eigenvalue weighted by molar-refractivity contribution is 5.99. The number of nitrogens with zero attached hydrogens (tertiary/aromatic N) is 1. The number of rotatable bonds is 4. The topological polar surface area (TPSA) is 90.9 Å². The summed E-state index contributed by atoms with van der Waals surface area (Å²) in [6.07, 6.45) is 0. The van der Waals surface area contributed by atoms with Crippen molar-refractivity contribution in [2.75, 3.05) is 5.43 Å². The van der Waals surface area contributed by atoms with Gasteiger partial charge in [-0.2, -0.15) is 5.26 Å². The van der Waals surface area contributed by atoms with Gasteiger partial charge in [0, 0.05) is 6.54 Å². The molecule has 0 aliphatic carbocycles. The number of nitrogen functional groups attached to an aromatic ring is 1. The van der Waals surface area contributed by atoms with Gasteiger partial charge in [-0.05, 0) is 36.8 Å². The molecule has 0 saturated heterocycles. The van der Waals surface area contributed by atoms with Gasteiger partial charge < -0.3 is 10.7 Å². The minimum atomic E-state index is -0.198. The van der Waals surface area contributed by atoms with Gasteiger partial charge in [-0.3, -0.25) is 10.6 Å². The van der Waals surface area contributed by atoms with Crippen LogP contribution in [0.25, 0.3) is 0 Å². The summed E-state index contributed by atoms with van der Waals surface area (Å²) in [4.78, 5) is 12.2. The van der Waals surface area contributed by atoms with Crippen molar-refractivity contribution in [2.45, 2.75) is 13.5 Å². The Morgan fingerprint density at radius 1 is 1.24 bits per heavy atom. The van der Waals surface area contributed by atoms with Gasteiger partial charge in [-0.1, -0.05) is 23.8 Å². The molecule has 5 nitrogen and oxygen atoms in total. The summed E-state index contributed by atoms with van der Waals surface area (Å²) in [7, 11) is 0. The van der Waals surface area contributed by atoms with Gasteiger partial charge in [0.25, 0.3) is 5.91 Å². The first kappa shape index (κ1) is 14.6. The number of benzene rings is 2. The SMILES string of the molecule is Cc1ccc(NN)c(C(=O)NCc2ccc(C#N)cc2)c1. The van der Waals surface area contributed by atoms with E-state index in [-0.39, 0.29) is 5.91 Å². The third kappa shape index (κ3) is 3.59. The van der Waals surface area contributed by atoms with Crippen molar-refractivity contribution in [3.8, 4) is 6.07 Å². The lowest BCUT2D eigenvalue weighted by Crippen LogP contribution is -2.25. The Morgan fingerprint density at radius 3 is 2.57 bits per heavy atom. The molecule has 2 aromatic carbocycles. The first-order valence-corrected chi connectivity index (χ1v) is 6.48. The summed E-state index contributed by atoms with van der Waals surface area (Å²) < 4.78 is 0. The lowest BCUT2D eigenvalue weighted by molar-refractivity contribution is 0.0951. The number of amides is 1. The summed E-state index contributed by atoms with van der Waals surface area (Å²) in [6.45, 7) is 2.31. The standard InChI is InChI=1S/C16H16N4O/c1-11-2-7-15(20-18)14(8-11)16(21)19-10-13-5-3-12(9-17)4-6-13/h2-8,20H,10,18H2,1H3,(H,19,21). The van der Waals surface area contributed by atoms with Crippen molar-refractivity contribution in [1.29, 1.82) is 5.26 Å². The predicted molar refractivity (Wildman–Crippen MR) is 81.3 cm³/mol. The van der Waals surface area contributed by atoms with Gasteiger partial charge in [-0.25, -0.2) is 0 Å². The number of hydrazine groups is 1. The number of aryl methyl sites for hydroxylation is 1. The van der Waals surface area contributed by atoms with Crippen molar-refractivity contribution in [3.05, 3.63) is 64.7 Å². The summed E-state index contributed by atoms with van der Waals surface area (Å²) in [5.41, 5.74) is 6.11. The third-order valence-electron chi connectivity index (χ3n) is 3.11. The Hall–Kier alpha value is -2.84. The molecule has 4 N–H and O–H groups in total. The zero-order valence-electron chi connectivity index (χ0n) is 11.7. The molecule has 2 aromatic rings. The number of hydrogen-bond donors (Lipinski definition) is 3. The van der Waals surface area contributed by atoms with Crippen molar-refractivity contribution in [1.82, 2.24) is 5.32 Å². The summed E-state index contributed by atoms with van der Waals surface area (Å²) in [5.74, 6) is 5.22. The maximum atomic E-state index is 12.2. The Balaban J connectivity index is 2.08. The molecule has 0 aliphatic heterocycles. The molecule has 5 heteroatoms. The monoisotopic (exact) mass is 280 g/mol. The van der Waals surface area contributed by atoms with E-state index in [9.17, 15) is 4.79 Å². The van der Waals surface area contributed by atoms with Crippen LogP contribution in [0.4, 0.5) is 5.69 Å². The highest BCUT2D eigenvalue weighted by Gasteiger charge is 2.10. The maximum Gasteiger partial charge on any atom is 0.253 e. The average Bonchev–Trinajstić information content (AvgIpc) is 2.53. The summed E-state index contributed by atoms with van der Waals surface area (Å²) in [5, 5.41) is 11.6. The van der Waals surface area contributed by atoms with Gasteiger partial charge in [0.1, 0.15) is 0 Å². The van der Waals surface area contributed by atoms with E-state index in [1.165, 1.54) is 0 Å². The molecule has 106 valence electrons. The predicted octanol–water partition coefficient (Wildman–Crippen LogP) is 2.08. The van der Waals surface area contributed by atoms with Crippen LogP contribution in [0.2, 0.25) is 0 Å². The molecule has 0 fully saturated rings. The van der Waals surface area contributed by atoms with Crippen LogP contribution in [0.1, 0.15) is 27.0 Å². The minimum Gasteiger partial charge on any atom is -0.348 e. The Morgan fingerprint density at radius 2 is 1.95 bits per heavy atom. The fourth-order valence-corrected chi connectivity index (χ4v) is 1.95. The number of nitrogens with one attached hydrogen (secondary N) is 2. The number of hydrogen-bond acceptors (Lipinski definition) is 4. The molecule has 0 saturated carbocycles. The molecule has 2 rings (SSSR count). The fourth-order valence-electron chi connectivity index (χ4n) is 1.95. The van der Waals surface area contributed by atoms with E-state index in [2.05, 4.69) is 16.8 Å². The van der Waals surface area contributed by atoms with E-state index in [0.29, 0.717) is 23.4 Å². The number of nitriles is 1. The fraction of sp³-hybridized carbons (Fsp3) is 0.125. The van der Waals surface area contributed by atoms with Crippen LogP contribution >= 0.6 is 0 Å². The summed E-state index contributed by atoms with van der Waals surface area (Å²) >= 11 is 0. The number of carbonyl (C=O) groups excluding carboxylic acids is 1. The van der Waals surface area contributed by atoms with Crippen molar-refractivity contribution in [2.24, 2.45) is 5.84 Å². The number of carbonyl (C=O) groups is 1. The van der Waals surface area contributed by atoms with Crippen molar-refractivity contribution < 1.29 is 4.79 Å². The Labute approximate surface area is 123 Å². The molecule has 0 bridgehead atoms. The average molecular weight is 280 g/mol. The molecule has 0 atom stereocenters. The van der Waals surface area contributed by atoms with E-state index in [1.54, 1.807) is 24.3 Å². The van der Waals surface area contributed by atoms with Gasteiger partial charge >= 0.3 is 0 Å². The number of anilines is 1. The van der Waals surface area contributed by atoms with Crippen LogP contribution in [-0.2, 0) is 6.54 Å². The molecular formula is C16H16N4O. The molecule has 0 aliphatic rings. The highest BCUT2D eigenvalue weighted by atomic mass is 16.1. The normalized spacial score (nSPS) is 9.76. The van der Waals surface area contributed by atoms with Gasteiger partial charge in [0.2, 0.25) is 0 Å². The van der Waals surface area contributed by atoms with Gasteiger partial charge in [-0.15, -0.1) is 0 Å². The lowest BCUT2D eigenvalue weighted by Gasteiger charge is -2.10. The molecule has 1 amide bonds. The van der Waals surface area contributed by atoms with E-state index in [0.717, 1.165) is 11.1 Å². The van der Waals surface area contributed by atoms with Crippen molar-refractivity contribution >= 4 is 11.6 Å². The quantitative estimate of drug-likeness (QED) is 0.590. The molecule has 0 heterocycles. The molecular weight excluding hydrogens is 264 g/mol. The van der Waals surface area contributed by atoms with E-state index in [1.807, 2.05) is 25.1 Å². The van der Waals surface area contributed by atoms with E-state index in [4.69, 9.17) is 11.1 Å². The second-order valence-electron chi connectivity index (χ2n) is 4.68. The highest BCUT2D eigenvalue weighted by Crippen LogP contribution is 2.16. The third-order valence-corrected chi connectivity index (χ3v) is 3.11. The number of nitrogens with two attached hydrogens (primary N) is 1. The maximum absolute atomic E-state index is 12.2. The minimum absolute atomic E-state index is 0.198. The van der Waals surface area contributed by atoms with Crippen LogP contribution in [0, 0.1) is 18.3 Å². The van der Waals surface area contributed by atoms with Crippen LogP contribution in [-0.4, -0.2) is 5.91 Å².